The Morgan fingerprint density at radius 3 is 2.68 bits per heavy atom. The molecule has 3 aliphatic heterocycles. The summed E-state index contributed by atoms with van der Waals surface area (Å²) >= 11 is 0. The predicted molar refractivity (Wildman–Crippen MR) is 118 cm³/mol. The Bertz CT molecular complexity index is 780. The Hall–Kier alpha value is -2.12. The maximum atomic E-state index is 13.5. The number of ether oxygens (including phenoxy) is 2. The first-order valence-corrected chi connectivity index (χ1v) is 11.7. The minimum atomic E-state index is -0.952. The van der Waals surface area contributed by atoms with Gasteiger partial charge in [0.05, 0.1) is 26.2 Å². The number of hydrogen-bond acceptors (Lipinski definition) is 5. The molecular formula is C24H35N3O4. The van der Waals surface area contributed by atoms with Gasteiger partial charge >= 0.3 is 0 Å². The smallest absolute Gasteiger partial charge is 0.256 e. The fourth-order valence-corrected chi connectivity index (χ4v) is 4.94. The lowest BCUT2D eigenvalue weighted by Crippen LogP contribution is -2.62. The minimum Gasteiger partial charge on any atom is -0.491 e. The molecule has 3 aliphatic rings. The highest BCUT2D eigenvalue weighted by molar-refractivity contribution is 5.87. The molecular weight excluding hydrogens is 394 g/mol. The molecule has 3 heterocycles. The third-order valence-corrected chi connectivity index (χ3v) is 6.77. The van der Waals surface area contributed by atoms with E-state index in [-0.39, 0.29) is 11.8 Å². The van der Waals surface area contributed by atoms with Gasteiger partial charge in [-0.25, -0.2) is 0 Å². The van der Waals surface area contributed by atoms with E-state index in [1.165, 1.54) is 5.56 Å². The lowest BCUT2D eigenvalue weighted by Gasteiger charge is -2.43. The van der Waals surface area contributed by atoms with Crippen molar-refractivity contribution in [1.29, 1.82) is 0 Å². The molecule has 1 unspecified atom stereocenters. The summed E-state index contributed by atoms with van der Waals surface area (Å²) in [6.07, 6.45) is 5.68. The molecule has 1 spiro atoms. The first kappa shape index (κ1) is 22.1. The first-order chi connectivity index (χ1) is 15.1. The van der Waals surface area contributed by atoms with Gasteiger partial charge in [-0.2, -0.15) is 0 Å². The monoisotopic (exact) mass is 429 g/mol. The number of hydrogen-bond donors (Lipinski definition) is 0. The van der Waals surface area contributed by atoms with Crippen LogP contribution >= 0.6 is 0 Å². The van der Waals surface area contributed by atoms with E-state index >= 15 is 0 Å². The standard InChI is InChI=1S/C24H35N3O4/c1-25-14-16-30-21-10-3-2-8-20(21)9-4-5-11-24(23(25)29)19-27(15-17-31-24)22(28)18-26-12-6-7-13-26/h2-3,8,10H,4-7,9,11-19H2,1H3. The molecule has 0 bridgehead atoms. The van der Waals surface area contributed by atoms with E-state index in [9.17, 15) is 9.59 Å². The van der Waals surface area contributed by atoms with Crippen LogP contribution in [0.3, 0.4) is 0 Å². The molecule has 2 saturated heterocycles. The molecule has 2 fully saturated rings. The fraction of sp³-hybridized carbons (Fsp3) is 0.667. The van der Waals surface area contributed by atoms with Crippen LogP contribution in [0.1, 0.15) is 37.7 Å². The van der Waals surface area contributed by atoms with Crippen LogP contribution in [0.25, 0.3) is 0 Å². The van der Waals surface area contributed by atoms with Crippen LogP contribution in [0.5, 0.6) is 5.75 Å². The van der Waals surface area contributed by atoms with Gasteiger partial charge in [0, 0.05) is 13.6 Å². The molecule has 1 aromatic rings. The maximum Gasteiger partial charge on any atom is 0.256 e. The van der Waals surface area contributed by atoms with E-state index in [2.05, 4.69) is 11.0 Å². The molecule has 0 aromatic heterocycles. The highest BCUT2D eigenvalue weighted by Gasteiger charge is 2.46. The third kappa shape index (κ3) is 5.21. The number of carbonyl (C=O) groups excluding carboxylic acids is 2. The molecule has 7 nitrogen and oxygen atoms in total. The number of benzene rings is 1. The van der Waals surface area contributed by atoms with Crippen LogP contribution in [0.2, 0.25) is 0 Å². The SMILES string of the molecule is CN1CCOc2ccccc2CCCCC2(CN(C(=O)CN3CCCC3)CCO2)C1=O. The molecule has 1 atom stereocenters. The topological polar surface area (TPSA) is 62.3 Å². The van der Waals surface area contributed by atoms with Crippen molar-refractivity contribution >= 4 is 11.8 Å². The Morgan fingerprint density at radius 2 is 1.84 bits per heavy atom. The molecule has 2 amide bonds. The highest BCUT2D eigenvalue weighted by atomic mass is 16.5. The second-order valence-corrected chi connectivity index (χ2v) is 9.03. The number of amides is 2. The van der Waals surface area contributed by atoms with Gasteiger partial charge in [-0.05, 0) is 63.2 Å². The number of rotatable bonds is 2. The van der Waals surface area contributed by atoms with Crippen LogP contribution in [0, 0.1) is 0 Å². The predicted octanol–water partition coefficient (Wildman–Crippen LogP) is 1.94. The van der Waals surface area contributed by atoms with Crippen LogP contribution in [-0.4, -0.2) is 91.6 Å². The average Bonchev–Trinajstić information content (AvgIpc) is 3.29. The van der Waals surface area contributed by atoms with Crippen LogP contribution in [-0.2, 0) is 20.7 Å². The number of para-hydroxylation sites is 1. The number of aryl methyl sites for hydroxylation is 1. The van der Waals surface area contributed by atoms with E-state index in [0.717, 1.165) is 50.9 Å². The second-order valence-electron chi connectivity index (χ2n) is 9.03. The Morgan fingerprint density at radius 1 is 1.03 bits per heavy atom. The lowest BCUT2D eigenvalue weighted by atomic mass is 9.91. The summed E-state index contributed by atoms with van der Waals surface area (Å²) < 4.78 is 12.2. The summed E-state index contributed by atoms with van der Waals surface area (Å²) in [5.41, 5.74) is 0.255. The van der Waals surface area contributed by atoms with Gasteiger partial charge < -0.3 is 19.3 Å². The highest BCUT2D eigenvalue weighted by Crippen LogP contribution is 2.29. The summed E-state index contributed by atoms with van der Waals surface area (Å²) in [7, 11) is 1.81. The van der Waals surface area contributed by atoms with Crippen molar-refractivity contribution in [1.82, 2.24) is 14.7 Å². The molecule has 1 aromatic carbocycles. The molecule has 0 saturated carbocycles. The van der Waals surface area contributed by atoms with Gasteiger partial charge in [0.1, 0.15) is 12.4 Å². The quantitative estimate of drug-likeness (QED) is 0.719. The van der Waals surface area contributed by atoms with Crippen molar-refractivity contribution < 1.29 is 19.1 Å². The van der Waals surface area contributed by atoms with Crippen molar-refractivity contribution in [2.45, 2.75) is 44.1 Å². The average molecular weight is 430 g/mol. The number of nitrogens with zero attached hydrogens (tertiary/aromatic N) is 3. The summed E-state index contributed by atoms with van der Waals surface area (Å²) in [6.45, 7) is 4.67. The van der Waals surface area contributed by atoms with Gasteiger partial charge in [0.2, 0.25) is 5.91 Å². The summed E-state index contributed by atoms with van der Waals surface area (Å²) in [4.78, 5) is 32.2. The van der Waals surface area contributed by atoms with Gasteiger partial charge in [-0.15, -0.1) is 0 Å². The van der Waals surface area contributed by atoms with Gasteiger partial charge in [-0.1, -0.05) is 18.2 Å². The third-order valence-electron chi connectivity index (χ3n) is 6.77. The number of morpholine rings is 1. The number of fused-ring (bicyclic) bond motifs is 1. The molecule has 7 heteroatoms. The zero-order valence-corrected chi connectivity index (χ0v) is 18.7. The first-order valence-electron chi connectivity index (χ1n) is 11.7. The summed E-state index contributed by atoms with van der Waals surface area (Å²) in [6, 6.07) is 8.14. The van der Waals surface area contributed by atoms with E-state index in [1.54, 1.807) is 11.9 Å². The number of likely N-dealkylation sites (tertiary alicyclic amines) is 1. The minimum absolute atomic E-state index is 0.0383. The van der Waals surface area contributed by atoms with Crippen molar-refractivity contribution in [3.63, 3.8) is 0 Å². The van der Waals surface area contributed by atoms with Gasteiger partial charge in [0.25, 0.3) is 5.91 Å². The fourth-order valence-electron chi connectivity index (χ4n) is 4.94. The van der Waals surface area contributed by atoms with E-state index in [4.69, 9.17) is 9.47 Å². The molecule has 4 rings (SSSR count). The Balaban J connectivity index is 1.47. The molecule has 0 radical (unpaired) electrons. The van der Waals surface area contributed by atoms with E-state index in [0.29, 0.717) is 45.8 Å². The van der Waals surface area contributed by atoms with E-state index in [1.807, 2.05) is 23.1 Å². The normalized spacial score (nSPS) is 26.2. The largest absolute Gasteiger partial charge is 0.491 e. The zero-order chi connectivity index (χ0) is 21.7. The van der Waals surface area contributed by atoms with E-state index < -0.39 is 5.60 Å². The summed E-state index contributed by atoms with van der Waals surface area (Å²) in [5, 5.41) is 0. The van der Waals surface area contributed by atoms with Crippen molar-refractivity contribution in [2.75, 3.05) is 59.5 Å². The Kier molecular flexibility index (Phi) is 7.13. The van der Waals surface area contributed by atoms with Crippen molar-refractivity contribution in [3.8, 4) is 5.75 Å². The van der Waals surface area contributed by atoms with Crippen molar-refractivity contribution in [2.24, 2.45) is 0 Å². The van der Waals surface area contributed by atoms with Crippen molar-refractivity contribution in [3.05, 3.63) is 29.8 Å². The summed E-state index contributed by atoms with van der Waals surface area (Å²) in [5.74, 6) is 0.985. The van der Waals surface area contributed by atoms with Gasteiger partial charge in [0.15, 0.2) is 5.60 Å². The van der Waals surface area contributed by atoms with Crippen LogP contribution in [0.4, 0.5) is 0 Å². The Labute approximate surface area is 185 Å². The van der Waals surface area contributed by atoms with Crippen LogP contribution < -0.4 is 4.74 Å². The molecule has 31 heavy (non-hydrogen) atoms. The second kappa shape index (κ2) is 10.0. The lowest BCUT2D eigenvalue weighted by molar-refractivity contribution is -0.175. The number of likely N-dealkylation sites (N-methyl/N-ethyl adjacent to an activating group) is 1. The van der Waals surface area contributed by atoms with Crippen LogP contribution in [0.15, 0.2) is 24.3 Å². The molecule has 170 valence electrons. The number of carbonyl (C=O) groups is 2. The molecule has 0 aliphatic carbocycles. The zero-order valence-electron chi connectivity index (χ0n) is 18.7. The maximum absolute atomic E-state index is 13.5. The van der Waals surface area contributed by atoms with Gasteiger partial charge in [-0.3, -0.25) is 14.5 Å². The molecule has 0 N–H and O–H groups in total.